The van der Waals surface area contributed by atoms with Crippen LogP contribution in [0.15, 0.2) is 12.3 Å². The monoisotopic (exact) mass is 207 g/mol. The van der Waals surface area contributed by atoms with Gasteiger partial charge in [0.15, 0.2) is 0 Å². The summed E-state index contributed by atoms with van der Waals surface area (Å²) in [5.74, 6) is -1.53. The highest BCUT2D eigenvalue weighted by molar-refractivity contribution is 4.95. The zero-order chi connectivity index (χ0) is 10.8. The Bertz CT molecular complexity index is 292. The molecule has 1 unspecified atom stereocenters. The van der Waals surface area contributed by atoms with E-state index in [-0.39, 0.29) is 6.54 Å². The van der Waals surface area contributed by atoms with Gasteiger partial charge < -0.3 is 5.73 Å². The summed E-state index contributed by atoms with van der Waals surface area (Å²) in [6.07, 6.45) is -2.74. The predicted octanol–water partition coefficient (Wildman–Crippen LogP) is 1.33. The van der Waals surface area contributed by atoms with Gasteiger partial charge in [-0.3, -0.25) is 4.68 Å². The van der Waals surface area contributed by atoms with Crippen LogP contribution in [0.3, 0.4) is 0 Å². The van der Waals surface area contributed by atoms with E-state index in [0.717, 1.165) is 0 Å². The summed E-state index contributed by atoms with van der Waals surface area (Å²) in [7, 11) is 0. The highest BCUT2D eigenvalue weighted by Crippen LogP contribution is 2.26. The number of nitrogens with zero attached hydrogens (tertiary/aromatic N) is 2. The van der Waals surface area contributed by atoms with Crippen LogP contribution in [0.4, 0.5) is 13.2 Å². The molecule has 3 nitrogen and oxygen atoms in total. The van der Waals surface area contributed by atoms with Crippen LogP contribution in [0.1, 0.15) is 5.69 Å². The number of alkyl halides is 3. The van der Waals surface area contributed by atoms with Gasteiger partial charge in [0, 0.05) is 12.7 Å². The Labute approximate surface area is 79.7 Å². The van der Waals surface area contributed by atoms with Crippen molar-refractivity contribution in [1.82, 2.24) is 9.78 Å². The van der Waals surface area contributed by atoms with Crippen LogP contribution in [0.25, 0.3) is 0 Å². The molecular weight excluding hydrogens is 195 g/mol. The van der Waals surface area contributed by atoms with Gasteiger partial charge in [-0.1, -0.05) is 0 Å². The summed E-state index contributed by atoms with van der Waals surface area (Å²) in [5, 5.41) is 3.87. The second kappa shape index (κ2) is 4.00. The van der Waals surface area contributed by atoms with Crippen molar-refractivity contribution in [2.24, 2.45) is 11.7 Å². The number of nitrogens with two attached hydrogens (primary N) is 1. The summed E-state index contributed by atoms with van der Waals surface area (Å²) < 4.78 is 38.1. The molecule has 1 heterocycles. The first-order chi connectivity index (χ1) is 6.43. The third-order valence-corrected chi connectivity index (χ3v) is 1.93. The van der Waals surface area contributed by atoms with Crippen molar-refractivity contribution in [2.75, 3.05) is 6.54 Å². The van der Waals surface area contributed by atoms with Crippen LogP contribution in [0.5, 0.6) is 0 Å². The maximum absolute atomic E-state index is 12.3. The molecule has 2 N–H and O–H groups in total. The fraction of sp³-hybridized carbons (Fsp3) is 0.625. The van der Waals surface area contributed by atoms with Gasteiger partial charge in [0.2, 0.25) is 0 Å². The fourth-order valence-corrected chi connectivity index (χ4v) is 1.10. The molecule has 80 valence electrons. The Morgan fingerprint density at radius 1 is 1.57 bits per heavy atom. The van der Waals surface area contributed by atoms with Crippen LogP contribution in [-0.4, -0.2) is 22.5 Å². The van der Waals surface area contributed by atoms with E-state index in [4.69, 9.17) is 5.73 Å². The van der Waals surface area contributed by atoms with Crippen LogP contribution in [0, 0.1) is 12.8 Å². The summed E-state index contributed by atoms with van der Waals surface area (Å²) >= 11 is 0. The van der Waals surface area contributed by atoms with Crippen LogP contribution in [-0.2, 0) is 6.54 Å². The maximum Gasteiger partial charge on any atom is 0.394 e. The number of aryl methyl sites for hydroxylation is 1. The fourth-order valence-electron chi connectivity index (χ4n) is 1.10. The molecule has 1 rings (SSSR count). The zero-order valence-electron chi connectivity index (χ0n) is 7.75. The molecule has 0 aromatic carbocycles. The van der Waals surface area contributed by atoms with Gasteiger partial charge in [-0.05, 0) is 13.0 Å². The molecule has 6 heteroatoms. The molecule has 0 spiro atoms. The van der Waals surface area contributed by atoms with E-state index in [1.807, 2.05) is 0 Å². The Morgan fingerprint density at radius 3 is 2.57 bits per heavy atom. The van der Waals surface area contributed by atoms with Crippen molar-refractivity contribution < 1.29 is 13.2 Å². The van der Waals surface area contributed by atoms with E-state index < -0.39 is 18.6 Å². The molecule has 0 bridgehead atoms. The van der Waals surface area contributed by atoms with Crippen molar-refractivity contribution in [3.63, 3.8) is 0 Å². The highest BCUT2D eigenvalue weighted by Gasteiger charge is 2.38. The van der Waals surface area contributed by atoms with Gasteiger partial charge in [-0.2, -0.15) is 18.3 Å². The number of halogens is 3. The smallest absolute Gasteiger partial charge is 0.330 e. The Balaban J connectivity index is 2.66. The first-order valence-electron chi connectivity index (χ1n) is 4.20. The van der Waals surface area contributed by atoms with Crippen molar-refractivity contribution in [3.8, 4) is 0 Å². The molecule has 0 fully saturated rings. The molecule has 0 aliphatic rings. The first-order valence-corrected chi connectivity index (χ1v) is 4.20. The summed E-state index contributed by atoms with van der Waals surface area (Å²) in [6, 6.07) is 1.66. The van der Waals surface area contributed by atoms with E-state index in [1.165, 1.54) is 10.9 Å². The molecule has 0 aliphatic carbocycles. The Kier molecular flexibility index (Phi) is 3.15. The van der Waals surface area contributed by atoms with Crippen LogP contribution < -0.4 is 5.73 Å². The Hall–Kier alpha value is -1.04. The predicted molar refractivity (Wildman–Crippen MR) is 45.6 cm³/mol. The third kappa shape index (κ3) is 2.73. The van der Waals surface area contributed by atoms with Gasteiger partial charge in [0.05, 0.1) is 18.2 Å². The lowest BCUT2D eigenvalue weighted by molar-refractivity contribution is -0.175. The van der Waals surface area contributed by atoms with Gasteiger partial charge in [-0.15, -0.1) is 0 Å². The van der Waals surface area contributed by atoms with Crippen molar-refractivity contribution >= 4 is 0 Å². The molecule has 0 saturated carbocycles. The Morgan fingerprint density at radius 2 is 2.21 bits per heavy atom. The number of rotatable bonds is 3. The minimum absolute atomic E-state index is 0.214. The van der Waals surface area contributed by atoms with E-state index >= 15 is 0 Å². The molecule has 1 aromatic heterocycles. The summed E-state index contributed by atoms with van der Waals surface area (Å²) in [6.45, 7) is 1.10. The number of hydrogen-bond donors (Lipinski definition) is 1. The average Bonchev–Trinajstić information content (AvgIpc) is 2.45. The molecule has 1 atom stereocenters. The lowest BCUT2D eigenvalue weighted by atomic mass is 10.1. The van der Waals surface area contributed by atoms with Gasteiger partial charge in [-0.25, -0.2) is 0 Å². The van der Waals surface area contributed by atoms with Gasteiger partial charge >= 0.3 is 6.18 Å². The maximum atomic E-state index is 12.3. The zero-order valence-corrected chi connectivity index (χ0v) is 7.75. The molecular formula is C8H12F3N3. The molecule has 0 aliphatic heterocycles. The van der Waals surface area contributed by atoms with Crippen LogP contribution >= 0.6 is 0 Å². The van der Waals surface area contributed by atoms with Crippen LogP contribution in [0.2, 0.25) is 0 Å². The minimum atomic E-state index is -4.26. The number of aromatic nitrogens is 2. The minimum Gasteiger partial charge on any atom is -0.330 e. The van der Waals surface area contributed by atoms with Crippen molar-refractivity contribution in [1.29, 1.82) is 0 Å². The topological polar surface area (TPSA) is 43.8 Å². The second-order valence-electron chi connectivity index (χ2n) is 3.15. The lowest BCUT2D eigenvalue weighted by Crippen LogP contribution is -2.33. The highest BCUT2D eigenvalue weighted by atomic mass is 19.4. The molecule has 0 saturated heterocycles. The standard InChI is InChI=1S/C8H12F3N3/c1-6-2-3-14(13-6)5-7(4-12)8(9,10)11/h2-3,7H,4-5,12H2,1H3. The molecule has 14 heavy (non-hydrogen) atoms. The van der Waals surface area contributed by atoms with E-state index in [2.05, 4.69) is 5.10 Å². The average molecular weight is 207 g/mol. The SMILES string of the molecule is Cc1ccn(CC(CN)C(F)(F)F)n1. The lowest BCUT2D eigenvalue weighted by Gasteiger charge is -2.17. The summed E-state index contributed by atoms with van der Waals surface area (Å²) in [4.78, 5) is 0. The van der Waals surface area contributed by atoms with E-state index in [1.54, 1.807) is 13.0 Å². The number of hydrogen-bond acceptors (Lipinski definition) is 2. The quantitative estimate of drug-likeness (QED) is 0.812. The molecule has 0 amide bonds. The molecule has 1 aromatic rings. The van der Waals surface area contributed by atoms with Gasteiger partial charge in [0.25, 0.3) is 0 Å². The van der Waals surface area contributed by atoms with E-state index in [9.17, 15) is 13.2 Å². The van der Waals surface area contributed by atoms with E-state index in [0.29, 0.717) is 5.69 Å². The first kappa shape index (κ1) is 11.0. The molecule has 0 radical (unpaired) electrons. The third-order valence-electron chi connectivity index (χ3n) is 1.93. The van der Waals surface area contributed by atoms with Crippen molar-refractivity contribution in [2.45, 2.75) is 19.6 Å². The summed E-state index contributed by atoms with van der Waals surface area (Å²) in [5.41, 5.74) is 5.75. The van der Waals surface area contributed by atoms with Gasteiger partial charge in [0.1, 0.15) is 0 Å². The van der Waals surface area contributed by atoms with Crippen molar-refractivity contribution in [3.05, 3.63) is 18.0 Å². The normalized spacial score (nSPS) is 14.4. The largest absolute Gasteiger partial charge is 0.394 e. The second-order valence-corrected chi connectivity index (χ2v) is 3.15.